The van der Waals surface area contributed by atoms with Gasteiger partial charge in [-0.15, -0.1) is 0 Å². The van der Waals surface area contributed by atoms with Gasteiger partial charge in [-0.2, -0.15) is 0 Å². The van der Waals surface area contributed by atoms with Crippen LogP contribution in [0.1, 0.15) is 45.7 Å². The van der Waals surface area contributed by atoms with E-state index >= 15 is 0 Å². The molecule has 1 aliphatic heterocycles. The van der Waals surface area contributed by atoms with E-state index < -0.39 is 10.8 Å². The highest BCUT2D eigenvalue weighted by molar-refractivity contribution is 6.06. The number of amides is 2. The lowest BCUT2D eigenvalue weighted by Gasteiger charge is -2.32. The number of fused-ring (bicyclic) bond motifs is 1. The zero-order chi connectivity index (χ0) is 24.9. The Morgan fingerprint density at radius 3 is 2.40 bits per heavy atom. The minimum Gasteiger partial charge on any atom is -0.366 e. The van der Waals surface area contributed by atoms with Gasteiger partial charge in [-0.05, 0) is 53.8 Å². The molecule has 0 saturated heterocycles. The fraction of sp³-hybridized carbons (Fsp3) is 0.259. The van der Waals surface area contributed by atoms with Gasteiger partial charge in [0.05, 0.1) is 10.5 Å². The zero-order valence-corrected chi connectivity index (χ0v) is 19.8. The molecule has 180 valence electrons. The van der Waals surface area contributed by atoms with Crippen molar-refractivity contribution in [1.29, 1.82) is 0 Å². The summed E-state index contributed by atoms with van der Waals surface area (Å²) >= 11 is 0. The molecule has 3 aromatic rings. The largest absolute Gasteiger partial charge is 0.366 e. The van der Waals surface area contributed by atoms with Gasteiger partial charge in [-0.25, -0.2) is 0 Å². The summed E-state index contributed by atoms with van der Waals surface area (Å²) in [5, 5.41) is 16.7. The van der Waals surface area contributed by atoms with Crippen molar-refractivity contribution in [2.24, 2.45) is 5.92 Å². The van der Waals surface area contributed by atoms with Gasteiger partial charge in [-0.3, -0.25) is 19.7 Å². The zero-order valence-electron chi connectivity index (χ0n) is 19.8. The number of nitro benzene ring substituents is 1. The third-order valence-electron chi connectivity index (χ3n) is 5.98. The Kier molecular flexibility index (Phi) is 7.10. The standard InChI is InChI=1S/C27H28N4O4/c1-18(2)16-28-27(33)24-15-22(29-26(32)20-7-10-23(11-8-20)31(34)35)9-12-25(24)30-14-13-19-5-3-4-6-21(19)17-30/h3-12,15,18H,13-14,16-17H2,1-2H3,(H,28,33)(H,29,32). The molecule has 1 aliphatic rings. The minimum absolute atomic E-state index is 0.0851. The van der Waals surface area contributed by atoms with Crippen LogP contribution in [0.5, 0.6) is 0 Å². The molecule has 1 heterocycles. The van der Waals surface area contributed by atoms with Crippen molar-refractivity contribution in [2.75, 3.05) is 23.3 Å². The first-order valence-electron chi connectivity index (χ1n) is 11.6. The van der Waals surface area contributed by atoms with Crippen molar-refractivity contribution in [3.05, 3.63) is 99.1 Å². The molecule has 0 aliphatic carbocycles. The summed E-state index contributed by atoms with van der Waals surface area (Å²) in [4.78, 5) is 38.4. The van der Waals surface area contributed by atoms with E-state index in [-0.39, 0.29) is 17.2 Å². The summed E-state index contributed by atoms with van der Waals surface area (Å²) in [6.07, 6.45) is 0.891. The predicted octanol–water partition coefficient (Wildman–Crippen LogP) is 4.80. The van der Waals surface area contributed by atoms with Crippen molar-refractivity contribution < 1.29 is 14.5 Å². The quantitative estimate of drug-likeness (QED) is 0.380. The second-order valence-corrected chi connectivity index (χ2v) is 9.03. The number of anilines is 2. The van der Waals surface area contributed by atoms with Crippen molar-refractivity contribution in [3.63, 3.8) is 0 Å². The normalized spacial score (nSPS) is 12.7. The molecule has 0 spiro atoms. The van der Waals surface area contributed by atoms with Crippen molar-refractivity contribution >= 4 is 28.9 Å². The van der Waals surface area contributed by atoms with Crippen LogP contribution in [-0.4, -0.2) is 29.8 Å². The number of carbonyl (C=O) groups excluding carboxylic acids is 2. The van der Waals surface area contributed by atoms with Crippen LogP contribution in [0.4, 0.5) is 17.1 Å². The van der Waals surface area contributed by atoms with E-state index in [4.69, 9.17) is 0 Å². The fourth-order valence-corrected chi connectivity index (χ4v) is 4.10. The van der Waals surface area contributed by atoms with Crippen LogP contribution in [-0.2, 0) is 13.0 Å². The number of rotatable bonds is 7. The molecule has 35 heavy (non-hydrogen) atoms. The fourth-order valence-electron chi connectivity index (χ4n) is 4.10. The molecule has 0 unspecified atom stereocenters. The molecule has 0 radical (unpaired) electrons. The highest BCUT2D eigenvalue weighted by Gasteiger charge is 2.22. The number of hydrogen-bond donors (Lipinski definition) is 2. The van der Waals surface area contributed by atoms with Gasteiger partial charge in [0.15, 0.2) is 0 Å². The first-order valence-corrected chi connectivity index (χ1v) is 11.6. The van der Waals surface area contributed by atoms with Crippen molar-refractivity contribution in [1.82, 2.24) is 5.32 Å². The van der Waals surface area contributed by atoms with Gasteiger partial charge in [0.2, 0.25) is 0 Å². The van der Waals surface area contributed by atoms with E-state index in [1.807, 2.05) is 32.0 Å². The Morgan fingerprint density at radius 1 is 1.00 bits per heavy atom. The molecule has 0 aromatic heterocycles. The van der Waals surface area contributed by atoms with E-state index in [1.165, 1.54) is 35.4 Å². The molecule has 0 saturated carbocycles. The number of hydrogen-bond acceptors (Lipinski definition) is 5. The van der Waals surface area contributed by atoms with Crippen LogP contribution in [0.2, 0.25) is 0 Å². The monoisotopic (exact) mass is 472 g/mol. The average Bonchev–Trinajstić information content (AvgIpc) is 2.87. The summed E-state index contributed by atoms with van der Waals surface area (Å²) in [6, 6.07) is 19.0. The summed E-state index contributed by atoms with van der Waals surface area (Å²) in [7, 11) is 0. The van der Waals surface area contributed by atoms with Gasteiger partial charge in [0.1, 0.15) is 0 Å². The van der Waals surface area contributed by atoms with Crippen LogP contribution in [0.3, 0.4) is 0 Å². The highest BCUT2D eigenvalue weighted by Crippen LogP contribution is 2.30. The minimum atomic E-state index is -0.512. The topological polar surface area (TPSA) is 105 Å². The van der Waals surface area contributed by atoms with E-state index in [0.29, 0.717) is 30.3 Å². The van der Waals surface area contributed by atoms with E-state index in [9.17, 15) is 19.7 Å². The lowest BCUT2D eigenvalue weighted by molar-refractivity contribution is -0.384. The second kappa shape index (κ2) is 10.4. The molecule has 8 nitrogen and oxygen atoms in total. The third-order valence-corrected chi connectivity index (χ3v) is 5.98. The maximum absolute atomic E-state index is 13.2. The maximum atomic E-state index is 13.2. The van der Waals surface area contributed by atoms with Gasteiger partial charge in [-0.1, -0.05) is 38.1 Å². The smallest absolute Gasteiger partial charge is 0.269 e. The predicted molar refractivity (Wildman–Crippen MR) is 136 cm³/mol. The lowest BCUT2D eigenvalue weighted by atomic mass is 9.98. The first-order chi connectivity index (χ1) is 16.8. The molecule has 2 N–H and O–H groups in total. The summed E-state index contributed by atoms with van der Waals surface area (Å²) in [6.45, 7) is 6.10. The lowest BCUT2D eigenvalue weighted by Crippen LogP contribution is -2.34. The number of nitrogens with one attached hydrogen (secondary N) is 2. The average molecular weight is 473 g/mol. The Balaban J connectivity index is 1.60. The van der Waals surface area contributed by atoms with E-state index in [1.54, 1.807) is 12.1 Å². The Morgan fingerprint density at radius 2 is 1.71 bits per heavy atom. The first kappa shape index (κ1) is 23.9. The molecular formula is C27H28N4O4. The number of carbonyl (C=O) groups is 2. The van der Waals surface area contributed by atoms with Gasteiger partial charge in [0, 0.05) is 48.7 Å². The Hall–Kier alpha value is -4.20. The van der Waals surface area contributed by atoms with Crippen LogP contribution in [0.15, 0.2) is 66.7 Å². The Bertz CT molecular complexity index is 1250. The molecule has 0 bridgehead atoms. The summed E-state index contributed by atoms with van der Waals surface area (Å²) in [5.41, 5.74) is 4.55. The van der Waals surface area contributed by atoms with E-state index in [0.717, 1.165) is 18.7 Å². The SMILES string of the molecule is CC(C)CNC(=O)c1cc(NC(=O)c2ccc([N+](=O)[O-])cc2)ccc1N1CCc2ccccc2C1. The molecule has 3 aromatic carbocycles. The van der Waals surface area contributed by atoms with Gasteiger partial charge >= 0.3 is 0 Å². The molecule has 8 heteroatoms. The number of non-ortho nitro benzene ring substituents is 1. The molecule has 0 fully saturated rings. The summed E-state index contributed by atoms with van der Waals surface area (Å²) < 4.78 is 0. The second-order valence-electron chi connectivity index (χ2n) is 9.03. The van der Waals surface area contributed by atoms with Crippen LogP contribution < -0.4 is 15.5 Å². The Labute approximate surface area is 204 Å². The van der Waals surface area contributed by atoms with Crippen molar-refractivity contribution in [2.45, 2.75) is 26.8 Å². The molecule has 0 atom stereocenters. The van der Waals surface area contributed by atoms with Gasteiger partial charge < -0.3 is 15.5 Å². The summed E-state index contributed by atoms with van der Waals surface area (Å²) in [5.74, 6) is -0.304. The number of benzene rings is 3. The third kappa shape index (κ3) is 5.66. The molecular weight excluding hydrogens is 444 g/mol. The van der Waals surface area contributed by atoms with Crippen LogP contribution in [0, 0.1) is 16.0 Å². The number of nitro groups is 1. The van der Waals surface area contributed by atoms with Crippen LogP contribution in [0.25, 0.3) is 0 Å². The maximum Gasteiger partial charge on any atom is 0.269 e. The van der Waals surface area contributed by atoms with Gasteiger partial charge in [0.25, 0.3) is 17.5 Å². The van der Waals surface area contributed by atoms with Crippen LogP contribution >= 0.6 is 0 Å². The van der Waals surface area contributed by atoms with Crippen molar-refractivity contribution in [3.8, 4) is 0 Å². The molecule has 4 rings (SSSR count). The number of nitrogens with zero attached hydrogens (tertiary/aromatic N) is 2. The highest BCUT2D eigenvalue weighted by atomic mass is 16.6. The molecule has 2 amide bonds. The van der Waals surface area contributed by atoms with E-state index in [2.05, 4.69) is 27.7 Å².